The first-order valence-corrected chi connectivity index (χ1v) is 8.00. The van der Waals surface area contributed by atoms with Crippen molar-refractivity contribution < 1.29 is 19.1 Å². The van der Waals surface area contributed by atoms with Crippen molar-refractivity contribution in [2.45, 2.75) is 32.6 Å². The minimum absolute atomic E-state index is 0.0755. The van der Waals surface area contributed by atoms with Gasteiger partial charge >= 0.3 is 5.97 Å². The van der Waals surface area contributed by atoms with E-state index in [1.807, 2.05) is 18.2 Å². The van der Waals surface area contributed by atoms with E-state index in [9.17, 15) is 9.59 Å². The standard InChI is InChI=1S/C18H21NO4/c1-11(2)13-3-4-16-14(9-13)15(10-23-16)17(20)19-7-5-12(6-8-19)18(21)22/h3-4,9-12H,5-8H2,1-2H3,(H,21,22). The predicted molar refractivity (Wildman–Crippen MR) is 86.6 cm³/mol. The molecule has 1 saturated heterocycles. The lowest BCUT2D eigenvalue weighted by Crippen LogP contribution is -2.40. The Bertz CT molecular complexity index is 739. The number of carboxylic acids is 1. The fourth-order valence-corrected chi connectivity index (χ4v) is 3.07. The number of hydrogen-bond acceptors (Lipinski definition) is 3. The number of hydrogen-bond donors (Lipinski definition) is 1. The lowest BCUT2D eigenvalue weighted by molar-refractivity contribution is -0.143. The number of rotatable bonds is 3. The van der Waals surface area contributed by atoms with Gasteiger partial charge < -0.3 is 14.4 Å². The number of carbonyl (C=O) groups is 2. The van der Waals surface area contributed by atoms with Gasteiger partial charge in [0.15, 0.2) is 0 Å². The third-order valence-electron chi connectivity index (χ3n) is 4.63. The largest absolute Gasteiger partial charge is 0.481 e. The molecule has 1 aromatic carbocycles. The number of piperidine rings is 1. The first kappa shape index (κ1) is 15.6. The molecular weight excluding hydrogens is 294 g/mol. The fraction of sp³-hybridized carbons (Fsp3) is 0.444. The maximum Gasteiger partial charge on any atom is 0.306 e. The molecule has 2 heterocycles. The Morgan fingerprint density at radius 3 is 2.57 bits per heavy atom. The second kappa shape index (κ2) is 6.07. The first-order chi connectivity index (χ1) is 11.0. The number of nitrogens with zero attached hydrogens (tertiary/aromatic N) is 1. The van der Waals surface area contributed by atoms with Crippen LogP contribution >= 0.6 is 0 Å². The van der Waals surface area contributed by atoms with Gasteiger partial charge in [0.1, 0.15) is 11.8 Å². The van der Waals surface area contributed by atoms with Crippen LogP contribution in [0.5, 0.6) is 0 Å². The van der Waals surface area contributed by atoms with E-state index in [1.165, 1.54) is 6.26 Å². The molecule has 0 spiro atoms. The molecule has 5 heteroatoms. The van der Waals surface area contributed by atoms with Crippen molar-refractivity contribution in [3.63, 3.8) is 0 Å². The zero-order valence-electron chi connectivity index (χ0n) is 13.4. The van der Waals surface area contributed by atoms with Gasteiger partial charge in [-0.05, 0) is 36.5 Å². The van der Waals surface area contributed by atoms with Crippen LogP contribution in [0, 0.1) is 5.92 Å². The Kier molecular flexibility index (Phi) is 4.11. The monoisotopic (exact) mass is 315 g/mol. The zero-order valence-corrected chi connectivity index (χ0v) is 13.4. The molecule has 1 fully saturated rings. The first-order valence-electron chi connectivity index (χ1n) is 8.00. The number of benzene rings is 1. The van der Waals surface area contributed by atoms with E-state index in [1.54, 1.807) is 4.90 Å². The summed E-state index contributed by atoms with van der Waals surface area (Å²) in [6.07, 6.45) is 2.53. The van der Waals surface area contributed by atoms with E-state index >= 15 is 0 Å². The molecule has 0 bridgehead atoms. The van der Waals surface area contributed by atoms with E-state index in [4.69, 9.17) is 9.52 Å². The Labute approximate surface area is 134 Å². The van der Waals surface area contributed by atoms with Crippen LogP contribution in [0.2, 0.25) is 0 Å². The highest BCUT2D eigenvalue weighted by atomic mass is 16.4. The highest BCUT2D eigenvalue weighted by molar-refractivity contribution is 6.06. The molecule has 0 unspecified atom stereocenters. The molecule has 0 saturated carbocycles. The van der Waals surface area contributed by atoms with Gasteiger partial charge in [-0.15, -0.1) is 0 Å². The number of likely N-dealkylation sites (tertiary alicyclic amines) is 1. The zero-order chi connectivity index (χ0) is 16.6. The summed E-state index contributed by atoms with van der Waals surface area (Å²) in [4.78, 5) is 25.5. The SMILES string of the molecule is CC(C)c1ccc2occ(C(=O)N3CCC(C(=O)O)CC3)c2c1. The van der Waals surface area contributed by atoms with Gasteiger partial charge in [-0.3, -0.25) is 9.59 Å². The van der Waals surface area contributed by atoms with Crippen LogP contribution in [0.3, 0.4) is 0 Å². The Balaban J connectivity index is 1.84. The fourth-order valence-electron chi connectivity index (χ4n) is 3.07. The highest BCUT2D eigenvalue weighted by Gasteiger charge is 2.28. The Morgan fingerprint density at radius 2 is 1.96 bits per heavy atom. The van der Waals surface area contributed by atoms with Gasteiger partial charge in [0.2, 0.25) is 0 Å². The maximum absolute atomic E-state index is 12.8. The van der Waals surface area contributed by atoms with E-state index in [0.29, 0.717) is 43.0 Å². The summed E-state index contributed by atoms with van der Waals surface area (Å²) in [6, 6.07) is 5.93. The van der Waals surface area contributed by atoms with E-state index in [0.717, 1.165) is 10.9 Å². The molecule has 5 nitrogen and oxygen atoms in total. The van der Waals surface area contributed by atoms with Crippen LogP contribution in [0.25, 0.3) is 11.0 Å². The smallest absolute Gasteiger partial charge is 0.306 e. The van der Waals surface area contributed by atoms with Crippen molar-refractivity contribution in [2.24, 2.45) is 5.92 Å². The third-order valence-corrected chi connectivity index (χ3v) is 4.63. The van der Waals surface area contributed by atoms with E-state index < -0.39 is 5.97 Å². The summed E-state index contributed by atoms with van der Waals surface area (Å²) < 4.78 is 5.51. The molecule has 122 valence electrons. The molecule has 2 aromatic rings. The quantitative estimate of drug-likeness (QED) is 0.941. The Hall–Kier alpha value is -2.30. The number of carbonyl (C=O) groups excluding carboxylic acids is 1. The van der Waals surface area contributed by atoms with Crippen molar-refractivity contribution >= 4 is 22.8 Å². The van der Waals surface area contributed by atoms with E-state index in [-0.39, 0.29) is 11.8 Å². The van der Waals surface area contributed by atoms with Gasteiger partial charge in [-0.2, -0.15) is 0 Å². The van der Waals surface area contributed by atoms with Gasteiger partial charge in [0.05, 0.1) is 11.5 Å². The third kappa shape index (κ3) is 2.96. The highest BCUT2D eigenvalue weighted by Crippen LogP contribution is 2.28. The molecule has 1 aliphatic heterocycles. The summed E-state index contributed by atoms with van der Waals surface area (Å²) in [6.45, 7) is 5.18. The Morgan fingerprint density at radius 1 is 1.26 bits per heavy atom. The number of fused-ring (bicyclic) bond motifs is 1. The minimum Gasteiger partial charge on any atom is -0.481 e. The van der Waals surface area contributed by atoms with Gasteiger partial charge in [-0.1, -0.05) is 19.9 Å². The van der Waals surface area contributed by atoms with Gasteiger partial charge in [-0.25, -0.2) is 0 Å². The molecular formula is C18H21NO4. The van der Waals surface area contributed by atoms with Crippen molar-refractivity contribution in [1.82, 2.24) is 4.90 Å². The minimum atomic E-state index is -0.771. The van der Waals surface area contributed by atoms with Crippen molar-refractivity contribution in [3.05, 3.63) is 35.6 Å². The second-order valence-corrected chi connectivity index (χ2v) is 6.46. The van der Waals surface area contributed by atoms with Crippen LogP contribution in [0.1, 0.15) is 48.5 Å². The molecule has 1 aromatic heterocycles. The second-order valence-electron chi connectivity index (χ2n) is 6.46. The van der Waals surface area contributed by atoms with Crippen molar-refractivity contribution in [1.29, 1.82) is 0 Å². The summed E-state index contributed by atoms with van der Waals surface area (Å²) >= 11 is 0. The molecule has 3 rings (SSSR count). The topological polar surface area (TPSA) is 70.8 Å². The summed E-state index contributed by atoms with van der Waals surface area (Å²) in [5.74, 6) is -0.808. The van der Waals surface area contributed by atoms with Crippen LogP contribution in [-0.2, 0) is 4.79 Å². The van der Waals surface area contributed by atoms with Crippen LogP contribution < -0.4 is 0 Å². The number of amides is 1. The predicted octanol–water partition coefficient (Wildman–Crippen LogP) is 3.49. The molecule has 0 atom stereocenters. The molecule has 0 aliphatic carbocycles. The summed E-state index contributed by atoms with van der Waals surface area (Å²) in [5.41, 5.74) is 2.44. The molecule has 1 aliphatic rings. The molecule has 0 radical (unpaired) electrons. The molecule has 1 amide bonds. The van der Waals surface area contributed by atoms with Crippen LogP contribution in [0.4, 0.5) is 0 Å². The molecule has 23 heavy (non-hydrogen) atoms. The number of furan rings is 1. The maximum atomic E-state index is 12.8. The lowest BCUT2D eigenvalue weighted by Gasteiger charge is -2.29. The normalized spacial score (nSPS) is 16.2. The van der Waals surface area contributed by atoms with Gasteiger partial charge in [0.25, 0.3) is 5.91 Å². The average Bonchev–Trinajstić information content (AvgIpc) is 2.97. The van der Waals surface area contributed by atoms with Crippen LogP contribution in [-0.4, -0.2) is 35.0 Å². The average molecular weight is 315 g/mol. The van der Waals surface area contributed by atoms with E-state index in [2.05, 4.69) is 13.8 Å². The van der Waals surface area contributed by atoms with Crippen molar-refractivity contribution in [2.75, 3.05) is 13.1 Å². The van der Waals surface area contributed by atoms with Crippen molar-refractivity contribution in [3.8, 4) is 0 Å². The van der Waals surface area contributed by atoms with Crippen LogP contribution in [0.15, 0.2) is 28.9 Å². The number of carboxylic acid groups (broad SMARTS) is 1. The molecule has 1 N–H and O–H groups in total. The lowest BCUT2D eigenvalue weighted by atomic mass is 9.96. The van der Waals surface area contributed by atoms with Gasteiger partial charge in [0, 0.05) is 18.5 Å². The summed E-state index contributed by atoms with van der Waals surface area (Å²) in [5, 5.41) is 9.89. The number of aliphatic carboxylic acids is 1. The summed E-state index contributed by atoms with van der Waals surface area (Å²) in [7, 11) is 0.